The predicted octanol–water partition coefficient (Wildman–Crippen LogP) is 2.92. The maximum absolute atomic E-state index is 12.8. The first-order chi connectivity index (χ1) is 13.8. The fourth-order valence-corrected chi connectivity index (χ4v) is 4.44. The molecule has 28 heavy (non-hydrogen) atoms. The Labute approximate surface area is 166 Å². The van der Waals surface area contributed by atoms with E-state index in [-0.39, 0.29) is 12.1 Å². The lowest BCUT2D eigenvalue weighted by Gasteiger charge is -2.36. The summed E-state index contributed by atoms with van der Waals surface area (Å²) in [5.74, 6) is 0.475. The number of amides is 2. The Hall–Kier alpha value is -2.41. The summed E-state index contributed by atoms with van der Waals surface area (Å²) in [6.45, 7) is 4.38. The molecule has 2 amide bonds. The number of H-pyrrole nitrogens is 1. The van der Waals surface area contributed by atoms with Gasteiger partial charge in [-0.1, -0.05) is 12.5 Å². The molecule has 2 aliphatic rings. The lowest BCUT2D eigenvalue weighted by atomic mass is 9.94. The highest BCUT2D eigenvalue weighted by molar-refractivity contribution is 5.74. The summed E-state index contributed by atoms with van der Waals surface area (Å²) in [7, 11) is 0. The minimum Gasteiger partial charge on any atom is -0.336 e. The number of nitrogens with zero attached hydrogens (tertiary/aromatic N) is 4. The molecular formula is C21H30N6O. The van der Waals surface area contributed by atoms with E-state index in [9.17, 15) is 4.79 Å². The summed E-state index contributed by atoms with van der Waals surface area (Å²) in [4.78, 5) is 21.5. The van der Waals surface area contributed by atoms with Crippen molar-refractivity contribution in [1.29, 1.82) is 0 Å². The average Bonchev–Trinajstić information content (AvgIpc) is 3.30. The van der Waals surface area contributed by atoms with E-state index in [4.69, 9.17) is 0 Å². The van der Waals surface area contributed by atoms with E-state index in [1.165, 1.54) is 30.5 Å². The molecule has 7 nitrogen and oxygen atoms in total. The minimum atomic E-state index is 0.0500. The molecule has 2 aromatic heterocycles. The molecule has 150 valence electrons. The van der Waals surface area contributed by atoms with Crippen molar-refractivity contribution in [1.82, 2.24) is 30.3 Å². The molecule has 0 aromatic carbocycles. The normalized spacial score (nSPS) is 20.1. The lowest BCUT2D eigenvalue weighted by molar-refractivity contribution is 0.150. The number of aromatic amines is 1. The molecule has 2 aliphatic heterocycles. The van der Waals surface area contributed by atoms with Gasteiger partial charge in [-0.05, 0) is 56.5 Å². The van der Waals surface area contributed by atoms with E-state index < -0.39 is 0 Å². The molecule has 4 heterocycles. The van der Waals surface area contributed by atoms with Crippen LogP contribution in [0, 0.1) is 0 Å². The van der Waals surface area contributed by atoms with E-state index in [1.807, 2.05) is 23.2 Å². The summed E-state index contributed by atoms with van der Waals surface area (Å²) in [5, 5.41) is 10.3. The van der Waals surface area contributed by atoms with Gasteiger partial charge in [-0.2, -0.15) is 5.10 Å². The van der Waals surface area contributed by atoms with Gasteiger partial charge < -0.3 is 10.2 Å². The second-order valence-electron chi connectivity index (χ2n) is 7.86. The van der Waals surface area contributed by atoms with Gasteiger partial charge in [-0.3, -0.25) is 15.0 Å². The Morgan fingerprint density at radius 2 is 1.96 bits per heavy atom. The number of hydrogen-bond donors (Lipinski definition) is 2. The SMILES string of the molecule is O=C(NC[C@H](c1cccnc1)N1CCCCC1)N1CCC(c2ccn[nH]2)CC1. The molecular weight excluding hydrogens is 352 g/mol. The highest BCUT2D eigenvalue weighted by Gasteiger charge is 2.27. The van der Waals surface area contributed by atoms with Crippen molar-refractivity contribution in [2.75, 3.05) is 32.7 Å². The van der Waals surface area contributed by atoms with Gasteiger partial charge in [0.1, 0.15) is 0 Å². The molecule has 2 fully saturated rings. The molecule has 0 unspecified atom stereocenters. The van der Waals surface area contributed by atoms with Crippen molar-refractivity contribution in [3.05, 3.63) is 48.0 Å². The molecule has 0 aliphatic carbocycles. The molecule has 0 bridgehead atoms. The van der Waals surface area contributed by atoms with Gasteiger partial charge in [0.2, 0.25) is 0 Å². The predicted molar refractivity (Wildman–Crippen MR) is 108 cm³/mol. The maximum atomic E-state index is 12.8. The third kappa shape index (κ3) is 4.52. The first-order valence-electron chi connectivity index (χ1n) is 10.5. The molecule has 4 rings (SSSR count). The Morgan fingerprint density at radius 1 is 1.14 bits per heavy atom. The monoisotopic (exact) mass is 382 g/mol. The number of urea groups is 1. The Kier molecular flexibility index (Phi) is 6.21. The number of carbonyl (C=O) groups is 1. The summed E-state index contributed by atoms with van der Waals surface area (Å²) < 4.78 is 0. The Balaban J connectivity index is 1.32. The zero-order valence-corrected chi connectivity index (χ0v) is 16.4. The zero-order chi connectivity index (χ0) is 19.2. The van der Waals surface area contributed by atoms with E-state index in [0.29, 0.717) is 12.5 Å². The van der Waals surface area contributed by atoms with E-state index in [2.05, 4.69) is 31.5 Å². The quantitative estimate of drug-likeness (QED) is 0.834. The van der Waals surface area contributed by atoms with Crippen LogP contribution < -0.4 is 5.32 Å². The minimum absolute atomic E-state index is 0.0500. The van der Waals surface area contributed by atoms with Crippen molar-refractivity contribution < 1.29 is 4.79 Å². The van der Waals surface area contributed by atoms with Gasteiger partial charge in [-0.25, -0.2) is 4.79 Å². The lowest BCUT2D eigenvalue weighted by Crippen LogP contribution is -2.47. The fraction of sp³-hybridized carbons (Fsp3) is 0.571. The van der Waals surface area contributed by atoms with Gasteiger partial charge >= 0.3 is 6.03 Å². The van der Waals surface area contributed by atoms with Crippen molar-refractivity contribution in [3.63, 3.8) is 0 Å². The number of pyridine rings is 1. The molecule has 2 saturated heterocycles. The van der Waals surface area contributed by atoms with Crippen LogP contribution in [0.4, 0.5) is 4.79 Å². The van der Waals surface area contributed by atoms with Crippen molar-refractivity contribution >= 4 is 6.03 Å². The molecule has 0 saturated carbocycles. The second-order valence-corrected chi connectivity index (χ2v) is 7.86. The molecule has 0 radical (unpaired) electrons. The van der Waals surface area contributed by atoms with Crippen molar-refractivity contribution in [2.45, 2.75) is 44.1 Å². The summed E-state index contributed by atoms with van der Waals surface area (Å²) >= 11 is 0. The summed E-state index contributed by atoms with van der Waals surface area (Å²) in [6, 6.07) is 6.38. The van der Waals surface area contributed by atoms with Crippen LogP contribution >= 0.6 is 0 Å². The van der Waals surface area contributed by atoms with Crippen LogP contribution in [0.3, 0.4) is 0 Å². The van der Waals surface area contributed by atoms with E-state index >= 15 is 0 Å². The number of piperidine rings is 2. The van der Waals surface area contributed by atoms with Crippen LogP contribution in [0.15, 0.2) is 36.8 Å². The number of likely N-dealkylation sites (tertiary alicyclic amines) is 2. The van der Waals surface area contributed by atoms with Gasteiger partial charge in [-0.15, -0.1) is 0 Å². The number of aromatic nitrogens is 3. The Bertz CT molecular complexity index is 721. The molecule has 2 aromatic rings. The highest BCUT2D eigenvalue weighted by atomic mass is 16.2. The summed E-state index contributed by atoms with van der Waals surface area (Å²) in [6.07, 6.45) is 11.3. The maximum Gasteiger partial charge on any atom is 0.317 e. The second kappa shape index (κ2) is 9.19. The van der Waals surface area contributed by atoms with Crippen LogP contribution in [0.5, 0.6) is 0 Å². The molecule has 1 atom stereocenters. The van der Waals surface area contributed by atoms with E-state index in [0.717, 1.165) is 39.0 Å². The van der Waals surface area contributed by atoms with Crippen molar-refractivity contribution in [3.8, 4) is 0 Å². The van der Waals surface area contributed by atoms with Crippen molar-refractivity contribution in [2.24, 2.45) is 0 Å². The number of rotatable bonds is 5. The fourth-order valence-electron chi connectivity index (χ4n) is 4.44. The third-order valence-corrected chi connectivity index (χ3v) is 6.09. The smallest absolute Gasteiger partial charge is 0.317 e. The van der Waals surface area contributed by atoms with Gasteiger partial charge in [0.25, 0.3) is 0 Å². The summed E-state index contributed by atoms with van der Waals surface area (Å²) in [5.41, 5.74) is 2.37. The van der Waals surface area contributed by atoms with Crippen LogP contribution in [0.2, 0.25) is 0 Å². The number of hydrogen-bond acceptors (Lipinski definition) is 4. The number of nitrogens with one attached hydrogen (secondary N) is 2. The van der Waals surface area contributed by atoms with Crippen LogP contribution in [0.1, 0.15) is 55.3 Å². The third-order valence-electron chi connectivity index (χ3n) is 6.09. The molecule has 2 N–H and O–H groups in total. The molecule has 7 heteroatoms. The Morgan fingerprint density at radius 3 is 2.64 bits per heavy atom. The average molecular weight is 383 g/mol. The van der Waals surface area contributed by atoms with Crippen LogP contribution in [0.25, 0.3) is 0 Å². The highest BCUT2D eigenvalue weighted by Crippen LogP contribution is 2.27. The van der Waals surface area contributed by atoms with Gasteiger partial charge in [0, 0.05) is 49.8 Å². The van der Waals surface area contributed by atoms with Crippen LogP contribution in [-0.2, 0) is 0 Å². The largest absolute Gasteiger partial charge is 0.336 e. The zero-order valence-electron chi connectivity index (χ0n) is 16.4. The number of carbonyl (C=O) groups excluding carboxylic acids is 1. The first-order valence-corrected chi connectivity index (χ1v) is 10.5. The molecule has 0 spiro atoms. The van der Waals surface area contributed by atoms with Gasteiger partial charge in [0.15, 0.2) is 0 Å². The first kappa shape index (κ1) is 18.9. The standard InChI is InChI=1S/C21H30N6O/c28-21(27-13-7-17(8-14-27)19-6-10-24-25-19)23-16-20(18-5-4-9-22-15-18)26-11-2-1-3-12-26/h4-6,9-10,15,17,20H,1-3,7-8,11-14,16H2,(H,23,28)(H,24,25)/t20-/m1/s1. The van der Waals surface area contributed by atoms with E-state index in [1.54, 1.807) is 12.4 Å². The van der Waals surface area contributed by atoms with Gasteiger partial charge in [0.05, 0.1) is 6.04 Å². The van der Waals surface area contributed by atoms with Crippen LogP contribution in [-0.4, -0.2) is 63.7 Å². The topological polar surface area (TPSA) is 77.2 Å².